The van der Waals surface area contributed by atoms with Crippen molar-refractivity contribution in [2.24, 2.45) is 22.2 Å². The van der Waals surface area contributed by atoms with Gasteiger partial charge >= 0.3 is 0 Å². The van der Waals surface area contributed by atoms with Crippen LogP contribution < -0.4 is 5.73 Å². The van der Waals surface area contributed by atoms with Crippen LogP contribution in [0.2, 0.25) is 0 Å². The van der Waals surface area contributed by atoms with E-state index in [2.05, 4.69) is 5.16 Å². The molecule has 0 radical (unpaired) electrons. The van der Waals surface area contributed by atoms with Crippen LogP contribution in [0.3, 0.4) is 0 Å². The molecule has 0 atom stereocenters. The van der Waals surface area contributed by atoms with Gasteiger partial charge in [-0.05, 0) is 31.6 Å². The zero-order chi connectivity index (χ0) is 15.6. The third-order valence-corrected chi connectivity index (χ3v) is 4.58. The van der Waals surface area contributed by atoms with Crippen molar-refractivity contribution in [1.82, 2.24) is 9.80 Å². The van der Waals surface area contributed by atoms with Gasteiger partial charge in [0.1, 0.15) is 5.41 Å². The number of likely N-dealkylation sites (N-methyl/N-ethyl adjacent to an activating group) is 1. The highest BCUT2D eigenvalue weighted by molar-refractivity contribution is 6.08. The lowest BCUT2D eigenvalue weighted by Crippen LogP contribution is -2.58. The van der Waals surface area contributed by atoms with Crippen molar-refractivity contribution < 1.29 is 14.8 Å². The zero-order valence-corrected chi connectivity index (χ0v) is 12.7. The Morgan fingerprint density at radius 1 is 1.38 bits per heavy atom. The van der Waals surface area contributed by atoms with Gasteiger partial charge in [0, 0.05) is 20.1 Å². The Labute approximate surface area is 124 Å². The highest BCUT2D eigenvalue weighted by Crippen LogP contribution is 2.46. The molecule has 118 valence electrons. The zero-order valence-electron chi connectivity index (χ0n) is 12.7. The van der Waals surface area contributed by atoms with Gasteiger partial charge in [-0.25, -0.2) is 0 Å². The van der Waals surface area contributed by atoms with Crippen LogP contribution in [0.1, 0.15) is 32.6 Å². The topological polar surface area (TPSA) is 99.2 Å². The molecule has 2 aliphatic rings. The molecule has 0 aromatic carbocycles. The van der Waals surface area contributed by atoms with Crippen molar-refractivity contribution in [3.63, 3.8) is 0 Å². The molecule has 21 heavy (non-hydrogen) atoms. The smallest absolute Gasteiger partial charge is 0.242 e. The number of hydrogen-bond acceptors (Lipinski definition) is 4. The van der Waals surface area contributed by atoms with E-state index in [0.29, 0.717) is 18.8 Å². The highest BCUT2D eigenvalue weighted by Gasteiger charge is 2.53. The van der Waals surface area contributed by atoms with Crippen LogP contribution in [-0.2, 0) is 9.59 Å². The van der Waals surface area contributed by atoms with E-state index < -0.39 is 5.41 Å². The number of carbonyl (C=O) groups excluding carboxylic acids is 2. The number of amides is 2. The van der Waals surface area contributed by atoms with Gasteiger partial charge in [-0.2, -0.15) is 0 Å². The minimum absolute atomic E-state index is 0.0367. The fraction of sp³-hybridized carbons (Fsp3) is 0.786. The van der Waals surface area contributed by atoms with Gasteiger partial charge in [-0.1, -0.05) is 12.1 Å². The molecule has 0 aromatic heterocycles. The molecule has 0 bridgehead atoms. The summed E-state index contributed by atoms with van der Waals surface area (Å²) in [5.74, 6) is 0.0387. The van der Waals surface area contributed by atoms with Crippen molar-refractivity contribution in [3.8, 4) is 0 Å². The molecule has 2 amide bonds. The van der Waals surface area contributed by atoms with E-state index in [1.165, 1.54) is 4.90 Å². The van der Waals surface area contributed by atoms with Crippen molar-refractivity contribution >= 4 is 17.6 Å². The predicted octanol–water partition coefficient (Wildman–Crippen LogP) is 0.230. The third-order valence-electron chi connectivity index (χ3n) is 4.58. The number of rotatable bonds is 4. The van der Waals surface area contributed by atoms with Crippen LogP contribution >= 0.6 is 0 Å². The maximum Gasteiger partial charge on any atom is 0.242 e. The summed E-state index contributed by atoms with van der Waals surface area (Å²) in [7, 11) is 1.60. The molecular weight excluding hydrogens is 272 g/mol. The summed E-state index contributed by atoms with van der Waals surface area (Å²) in [5, 5.41) is 12.0. The normalized spacial score (nSPS) is 29.1. The lowest BCUT2D eigenvalue weighted by Gasteiger charge is -2.45. The Bertz CT molecular complexity index is 451. The average molecular weight is 296 g/mol. The second kappa shape index (κ2) is 5.91. The first-order valence-electron chi connectivity index (χ1n) is 7.42. The Kier molecular flexibility index (Phi) is 4.39. The first-order valence-corrected chi connectivity index (χ1v) is 7.42. The number of hydrogen-bond donors (Lipinski definition) is 2. The predicted molar refractivity (Wildman–Crippen MR) is 77.7 cm³/mol. The second-order valence-electron chi connectivity index (χ2n) is 6.33. The van der Waals surface area contributed by atoms with Crippen molar-refractivity contribution in [3.05, 3.63) is 0 Å². The molecular formula is C14H24N4O3. The van der Waals surface area contributed by atoms with E-state index >= 15 is 0 Å². The fourth-order valence-corrected chi connectivity index (χ4v) is 3.43. The summed E-state index contributed by atoms with van der Waals surface area (Å²) in [5.41, 5.74) is 4.79. The first kappa shape index (κ1) is 15.6. The van der Waals surface area contributed by atoms with Crippen LogP contribution in [0.25, 0.3) is 0 Å². The summed E-state index contributed by atoms with van der Waals surface area (Å²) in [6.45, 7) is 3.60. The largest absolute Gasteiger partial charge is 0.409 e. The number of likely N-dealkylation sites (tertiary alicyclic amines) is 1. The van der Waals surface area contributed by atoms with Gasteiger partial charge in [0.25, 0.3) is 0 Å². The summed E-state index contributed by atoms with van der Waals surface area (Å²) in [4.78, 5) is 27.9. The molecule has 0 unspecified atom stereocenters. The average Bonchev–Trinajstić information content (AvgIpc) is 2.96. The molecule has 1 aliphatic carbocycles. The van der Waals surface area contributed by atoms with Gasteiger partial charge in [0.05, 0.1) is 6.54 Å². The fourth-order valence-electron chi connectivity index (χ4n) is 3.43. The van der Waals surface area contributed by atoms with Crippen molar-refractivity contribution in [1.29, 1.82) is 0 Å². The summed E-state index contributed by atoms with van der Waals surface area (Å²) < 4.78 is 0. The number of nitrogens with zero attached hydrogens (tertiary/aromatic N) is 3. The molecule has 7 nitrogen and oxygen atoms in total. The maximum atomic E-state index is 12.6. The lowest BCUT2D eigenvalue weighted by molar-refractivity contribution is -0.147. The van der Waals surface area contributed by atoms with Crippen LogP contribution in [-0.4, -0.2) is 59.3 Å². The molecule has 3 N–H and O–H groups in total. The minimum atomic E-state index is -0.936. The molecule has 2 fully saturated rings. The Morgan fingerprint density at radius 3 is 2.43 bits per heavy atom. The van der Waals surface area contributed by atoms with Crippen LogP contribution in [0.4, 0.5) is 0 Å². The van der Waals surface area contributed by atoms with E-state index in [1.54, 1.807) is 11.9 Å². The highest BCUT2D eigenvalue weighted by atomic mass is 16.4. The molecule has 1 saturated carbocycles. The molecule has 0 aromatic rings. The van der Waals surface area contributed by atoms with E-state index in [9.17, 15) is 9.59 Å². The number of amidine groups is 1. The van der Waals surface area contributed by atoms with E-state index in [-0.39, 0.29) is 24.2 Å². The number of nitrogens with two attached hydrogens (primary N) is 1. The lowest BCUT2D eigenvalue weighted by atomic mass is 9.61. The number of carbonyl (C=O) groups is 2. The van der Waals surface area contributed by atoms with Crippen LogP contribution in [0, 0.1) is 11.3 Å². The summed E-state index contributed by atoms with van der Waals surface area (Å²) >= 11 is 0. The number of oxime groups is 1. The van der Waals surface area contributed by atoms with Gasteiger partial charge in [-0.15, -0.1) is 0 Å². The van der Waals surface area contributed by atoms with Crippen LogP contribution in [0.15, 0.2) is 5.16 Å². The van der Waals surface area contributed by atoms with Crippen molar-refractivity contribution in [2.75, 3.05) is 26.7 Å². The Balaban J connectivity index is 2.02. The summed E-state index contributed by atoms with van der Waals surface area (Å²) in [6.07, 6.45) is 3.16. The summed E-state index contributed by atoms with van der Waals surface area (Å²) in [6, 6.07) is 0. The van der Waals surface area contributed by atoms with Gasteiger partial charge in [0.2, 0.25) is 11.8 Å². The first-order chi connectivity index (χ1) is 9.90. The standard InChI is InChI=1S/C14H24N4O3/c1-10-7-14(8-10,12(15)16-21)13(20)17(2)9-11(19)18-5-3-4-6-18/h10,21H,3-9H2,1-2H3,(H2,15,16). The van der Waals surface area contributed by atoms with Gasteiger partial charge in [-0.3, -0.25) is 9.59 Å². The molecule has 2 rings (SSSR count). The molecule has 1 heterocycles. The molecule has 1 saturated heterocycles. The van der Waals surface area contributed by atoms with Gasteiger partial charge in [0.15, 0.2) is 5.84 Å². The SMILES string of the molecule is CC1CC(C(=O)N(C)CC(=O)N2CCCC2)(C(N)=NO)C1. The maximum absolute atomic E-state index is 12.6. The van der Waals surface area contributed by atoms with E-state index in [1.807, 2.05) is 6.92 Å². The quantitative estimate of drug-likeness (QED) is 0.336. The molecule has 0 spiro atoms. The Hall–Kier alpha value is -1.79. The third kappa shape index (κ3) is 2.82. The molecule has 1 aliphatic heterocycles. The van der Waals surface area contributed by atoms with Crippen LogP contribution in [0.5, 0.6) is 0 Å². The molecule has 7 heteroatoms. The van der Waals surface area contributed by atoms with E-state index in [0.717, 1.165) is 25.9 Å². The second-order valence-corrected chi connectivity index (χ2v) is 6.33. The monoisotopic (exact) mass is 296 g/mol. The minimum Gasteiger partial charge on any atom is -0.409 e. The van der Waals surface area contributed by atoms with E-state index in [4.69, 9.17) is 10.9 Å². The van der Waals surface area contributed by atoms with Crippen molar-refractivity contribution in [2.45, 2.75) is 32.6 Å². The van der Waals surface area contributed by atoms with Gasteiger partial charge < -0.3 is 20.7 Å². The Morgan fingerprint density at radius 2 is 1.95 bits per heavy atom.